The topological polar surface area (TPSA) is 71.1 Å². The molecule has 0 aliphatic carbocycles. The van der Waals surface area contributed by atoms with Gasteiger partial charge in [-0.15, -0.1) is 0 Å². The first kappa shape index (κ1) is 20.5. The van der Waals surface area contributed by atoms with Crippen LogP contribution in [0.25, 0.3) is 21.5 Å². The van der Waals surface area contributed by atoms with Crippen LogP contribution in [0.5, 0.6) is 0 Å². The molecule has 30 heavy (non-hydrogen) atoms. The van der Waals surface area contributed by atoms with Gasteiger partial charge in [0.25, 0.3) is 0 Å². The van der Waals surface area contributed by atoms with Crippen molar-refractivity contribution >= 4 is 31.6 Å². The summed E-state index contributed by atoms with van der Waals surface area (Å²) in [6.45, 7) is 3.21. The first-order valence-corrected chi connectivity index (χ1v) is 11.5. The maximum Gasteiger partial charge on any atom is 0.240 e. The number of pyridine rings is 1. The standard InChI is InChI=1S/C24H25N3O2S/c1-18(16-25-13-11-20-7-4-6-19-5-2-3-8-24(19)20)27-30(28,29)23-10-9-22-17-26-14-12-21(22)15-23/h2-10,12,14-15,17-18,25,27H,11,13,16H2,1H3/t18-/m1/s1. The first-order chi connectivity index (χ1) is 14.5. The number of hydrogen-bond donors (Lipinski definition) is 2. The van der Waals surface area contributed by atoms with Gasteiger partial charge in [-0.3, -0.25) is 4.98 Å². The summed E-state index contributed by atoms with van der Waals surface area (Å²) in [6, 6.07) is 21.4. The molecule has 1 atom stereocenters. The fourth-order valence-corrected chi connectivity index (χ4v) is 4.93. The van der Waals surface area contributed by atoms with E-state index < -0.39 is 10.0 Å². The molecule has 0 saturated carbocycles. The molecule has 0 spiro atoms. The largest absolute Gasteiger partial charge is 0.315 e. The van der Waals surface area contributed by atoms with Crippen molar-refractivity contribution in [2.45, 2.75) is 24.3 Å². The average Bonchev–Trinajstić information content (AvgIpc) is 2.76. The lowest BCUT2D eigenvalue weighted by Gasteiger charge is -2.16. The fourth-order valence-electron chi connectivity index (χ4n) is 3.66. The van der Waals surface area contributed by atoms with Gasteiger partial charge in [-0.2, -0.15) is 0 Å². The predicted molar refractivity (Wildman–Crippen MR) is 122 cm³/mol. The van der Waals surface area contributed by atoms with Crippen LogP contribution in [0.1, 0.15) is 12.5 Å². The van der Waals surface area contributed by atoms with E-state index >= 15 is 0 Å². The summed E-state index contributed by atoms with van der Waals surface area (Å²) in [5, 5.41) is 7.64. The maximum atomic E-state index is 12.7. The highest BCUT2D eigenvalue weighted by atomic mass is 32.2. The Bertz CT molecular complexity index is 1270. The summed E-state index contributed by atoms with van der Waals surface area (Å²) in [7, 11) is -3.58. The van der Waals surface area contributed by atoms with Gasteiger partial charge < -0.3 is 5.32 Å². The van der Waals surface area contributed by atoms with Crippen LogP contribution < -0.4 is 10.0 Å². The molecule has 0 radical (unpaired) electrons. The SMILES string of the molecule is C[C@H](CNCCc1cccc2ccccc12)NS(=O)(=O)c1ccc2cnccc2c1. The Morgan fingerprint density at radius 2 is 1.77 bits per heavy atom. The second-order valence-corrected chi connectivity index (χ2v) is 9.21. The number of benzene rings is 3. The van der Waals surface area contributed by atoms with E-state index in [4.69, 9.17) is 0 Å². The van der Waals surface area contributed by atoms with Crippen molar-refractivity contribution in [1.29, 1.82) is 0 Å². The zero-order valence-electron chi connectivity index (χ0n) is 16.9. The number of hydrogen-bond acceptors (Lipinski definition) is 4. The van der Waals surface area contributed by atoms with Gasteiger partial charge in [0, 0.05) is 30.4 Å². The van der Waals surface area contributed by atoms with Crippen molar-refractivity contribution in [1.82, 2.24) is 15.0 Å². The van der Waals surface area contributed by atoms with Gasteiger partial charge in [-0.05, 0) is 59.8 Å². The van der Waals surface area contributed by atoms with Crippen molar-refractivity contribution in [3.8, 4) is 0 Å². The van der Waals surface area contributed by atoms with Crippen molar-refractivity contribution in [3.63, 3.8) is 0 Å². The molecule has 0 bridgehead atoms. The van der Waals surface area contributed by atoms with Gasteiger partial charge in [-0.25, -0.2) is 13.1 Å². The van der Waals surface area contributed by atoms with Crippen molar-refractivity contribution in [2.75, 3.05) is 13.1 Å². The first-order valence-electron chi connectivity index (χ1n) is 10.1. The molecule has 4 aromatic rings. The monoisotopic (exact) mass is 419 g/mol. The van der Waals surface area contributed by atoms with E-state index in [0.29, 0.717) is 6.54 Å². The van der Waals surface area contributed by atoms with Crippen LogP contribution in [-0.4, -0.2) is 32.5 Å². The third kappa shape index (κ3) is 4.67. The van der Waals surface area contributed by atoms with Crippen LogP contribution in [0.2, 0.25) is 0 Å². The molecular formula is C24H25N3O2S. The van der Waals surface area contributed by atoms with E-state index in [1.165, 1.54) is 16.3 Å². The molecule has 0 fully saturated rings. The van der Waals surface area contributed by atoms with E-state index in [-0.39, 0.29) is 10.9 Å². The molecule has 6 heteroatoms. The molecule has 5 nitrogen and oxygen atoms in total. The van der Waals surface area contributed by atoms with Gasteiger partial charge in [0.05, 0.1) is 4.90 Å². The molecule has 0 unspecified atom stereocenters. The number of nitrogens with one attached hydrogen (secondary N) is 2. The van der Waals surface area contributed by atoms with Crippen molar-refractivity contribution < 1.29 is 8.42 Å². The molecule has 4 rings (SSSR count). The normalized spacial score (nSPS) is 13.0. The molecule has 1 aromatic heterocycles. The molecule has 0 aliphatic heterocycles. The second-order valence-electron chi connectivity index (χ2n) is 7.50. The fraction of sp³-hybridized carbons (Fsp3) is 0.208. The summed E-state index contributed by atoms with van der Waals surface area (Å²) in [4.78, 5) is 4.33. The summed E-state index contributed by atoms with van der Waals surface area (Å²) >= 11 is 0. The third-order valence-corrected chi connectivity index (χ3v) is 6.77. The molecule has 0 aliphatic rings. The average molecular weight is 420 g/mol. The number of sulfonamides is 1. The summed E-state index contributed by atoms with van der Waals surface area (Å²) in [5.74, 6) is 0. The highest BCUT2D eigenvalue weighted by molar-refractivity contribution is 7.89. The Morgan fingerprint density at radius 1 is 0.933 bits per heavy atom. The summed E-state index contributed by atoms with van der Waals surface area (Å²) < 4.78 is 28.2. The van der Waals surface area contributed by atoms with Crippen molar-refractivity contribution in [2.24, 2.45) is 0 Å². The molecular weight excluding hydrogens is 394 g/mol. The van der Waals surface area contributed by atoms with Gasteiger partial charge >= 0.3 is 0 Å². The molecule has 3 aromatic carbocycles. The number of aromatic nitrogens is 1. The van der Waals surface area contributed by atoms with Crippen molar-refractivity contribution in [3.05, 3.63) is 84.7 Å². The maximum absolute atomic E-state index is 12.7. The van der Waals surface area contributed by atoms with Gasteiger partial charge in [0.1, 0.15) is 0 Å². The molecule has 2 N–H and O–H groups in total. The van der Waals surface area contributed by atoms with E-state index in [9.17, 15) is 8.42 Å². The predicted octanol–water partition coefficient (Wildman–Crippen LogP) is 3.89. The molecule has 0 amide bonds. The van der Waals surface area contributed by atoms with Crippen LogP contribution in [-0.2, 0) is 16.4 Å². The van der Waals surface area contributed by atoms with E-state index in [1.807, 2.05) is 19.1 Å². The smallest absolute Gasteiger partial charge is 0.240 e. The van der Waals surface area contributed by atoms with E-state index in [1.54, 1.807) is 30.6 Å². The Kier molecular flexibility index (Phi) is 6.08. The van der Waals surface area contributed by atoms with Gasteiger partial charge in [0.2, 0.25) is 10.0 Å². The lowest BCUT2D eigenvalue weighted by atomic mass is 10.0. The van der Waals surface area contributed by atoms with Crippen LogP contribution >= 0.6 is 0 Å². The van der Waals surface area contributed by atoms with Crippen LogP contribution in [0, 0.1) is 0 Å². The number of rotatable bonds is 8. The summed E-state index contributed by atoms with van der Waals surface area (Å²) in [6.07, 6.45) is 4.27. The molecule has 1 heterocycles. The minimum absolute atomic E-state index is 0.226. The highest BCUT2D eigenvalue weighted by Crippen LogP contribution is 2.19. The number of fused-ring (bicyclic) bond motifs is 2. The van der Waals surface area contributed by atoms with Crippen LogP contribution in [0.15, 0.2) is 84.0 Å². The number of nitrogens with zero attached hydrogens (tertiary/aromatic N) is 1. The Morgan fingerprint density at radius 3 is 2.67 bits per heavy atom. The molecule has 0 saturated heterocycles. The summed E-state index contributed by atoms with van der Waals surface area (Å²) in [5.41, 5.74) is 1.29. The second kappa shape index (κ2) is 8.92. The lowest BCUT2D eigenvalue weighted by Crippen LogP contribution is -2.40. The van der Waals surface area contributed by atoms with Gasteiger partial charge in [0.15, 0.2) is 0 Å². The molecule has 154 valence electrons. The minimum Gasteiger partial charge on any atom is -0.315 e. The van der Waals surface area contributed by atoms with E-state index in [2.05, 4.69) is 51.4 Å². The Hall–Kier alpha value is -2.80. The Labute approximate surface area is 177 Å². The quantitative estimate of drug-likeness (QED) is 0.425. The minimum atomic E-state index is -3.58. The highest BCUT2D eigenvalue weighted by Gasteiger charge is 2.17. The zero-order valence-corrected chi connectivity index (χ0v) is 17.7. The Balaban J connectivity index is 1.33. The third-order valence-electron chi connectivity index (χ3n) is 5.18. The lowest BCUT2D eigenvalue weighted by molar-refractivity contribution is 0.537. The zero-order chi connectivity index (χ0) is 21.0. The van der Waals surface area contributed by atoms with Crippen LogP contribution in [0.3, 0.4) is 0 Å². The van der Waals surface area contributed by atoms with Gasteiger partial charge in [-0.1, -0.05) is 48.5 Å². The van der Waals surface area contributed by atoms with E-state index in [0.717, 1.165) is 23.7 Å². The van der Waals surface area contributed by atoms with Crippen LogP contribution in [0.4, 0.5) is 0 Å².